The summed E-state index contributed by atoms with van der Waals surface area (Å²) in [5.41, 5.74) is -1.32. The minimum absolute atomic E-state index is 0.0204. The van der Waals surface area contributed by atoms with Crippen molar-refractivity contribution in [2.45, 2.75) is 45.6 Å². The summed E-state index contributed by atoms with van der Waals surface area (Å²) in [6, 6.07) is 16.1. The Balaban J connectivity index is 1.67. The zero-order chi connectivity index (χ0) is 29.3. The summed E-state index contributed by atoms with van der Waals surface area (Å²) in [7, 11) is 1.49. The van der Waals surface area contributed by atoms with Gasteiger partial charge in [-0.05, 0) is 32.4 Å². The van der Waals surface area contributed by atoms with Crippen molar-refractivity contribution in [3.05, 3.63) is 105 Å². The number of benzene rings is 2. The summed E-state index contributed by atoms with van der Waals surface area (Å²) in [5, 5.41) is 20.4. The molecule has 0 aliphatic rings. The first-order chi connectivity index (χ1) is 19.6. The lowest BCUT2D eigenvalue weighted by Crippen LogP contribution is -2.53. The fraction of sp³-hybridized carbons (Fsp3) is 0.276. The molecule has 0 radical (unpaired) electrons. The molecule has 212 valence electrons. The van der Waals surface area contributed by atoms with Crippen LogP contribution in [0.25, 0.3) is 15.2 Å². The van der Waals surface area contributed by atoms with Crippen molar-refractivity contribution >= 4 is 27.5 Å². The topological polar surface area (TPSA) is 130 Å². The molecule has 3 heterocycles. The second-order valence-electron chi connectivity index (χ2n) is 9.94. The van der Waals surface area contributed by atoms with Crippen molar-refractivity contribution in [2.24, 2.45) is 0 Å². The Morgan fingerprint density at radius 1 is 1.05 bits per heavy atom. The van der Waals surface area contributed by atoms with Gasteiger partial charge in [-0.2, -0.15) is 10.2 Å². The van der Waals surface area contributed by atoms with E-state index < -0.39 is 28.9 Å². The predicted molar refractivity (Wildman–Crippen MR) is 154 cm³/mol. The highest BCUT2D eigenvalue weighted by Crippen LogP contribution is 2.33. The molecule has 41 heavy (non-hydrogen) atoms. The van der Waals surface area contributed by atoms with Gasteiger partial charge in [-0.3, -0.25) is 9.36 Å². The Bertz CT molecular complexity index is 1820. The van der Waals surface area contributed by atoms with Gasteiger partial charge in [0.25, 0.3) is 5.56 Å². The molecule has 0 unspecified atom stereocenters. The van der Waals surface area contributed by atoms with E-state index in [1.54, 1.807) is 31.2 Å². The van der Waals surface area contributed by atoms with Crippen molar-refractivity contribution < 1.29 is 19.4 Å². The molecule has 0 amide bonds. The van der Waals surface area contributed by atoms with Crippen LogP contribution in [0.4, 0.5) is 0 Å². The van der Waals surface area contributed by atoms with Crippen LogP contribution in [0.1, 0.15) is 36.6 Å². The van der Waals surface area contributed by atoms with Gasteiger partial charge in [-0.15, -0.1) is 4.80 Å². The quantitative estimate of drug-likeness (QED) is 0.265. The first-order valence-electron chi connectivity index (χ1n) is 12.8. The number of hydrogen-bond donors (Lipinski definition) is 1. The summed E-state index contributed by atoms with van der Waals surface area (Å²) in [5.74, 6) is -0.301. The van der Waals surface area contributed by atoms with Gasteiger partial charge in [0.15, 0.2) is 0 Å². The number of aliphatic hydroxyl groups is 1. The van der Waals surface area contributed by atoms with Gasteiger partial charge >= 0.3 is 11.7 Å². The zero-order valence-electron chi connectivity index (χ0n) is 23.0. The van der Waals surface area contributed by atoms with E-state index in [-0.39, 0.29) is 18.5 Å². The van der Waals surface area contributed by atoms with Crippen LogP contribution in [0.5, 0.6) is 5.75 Å². The molecular formula is C29H29N5O6S. The lowest BCUT2D eigenvalue weighted by molar-refractivity contribution is -0.154. The van der Waals surface area contributed by atoms with Crippen LogP contribution in [0.3, 0.4) is 0 Å². The molecule has 0 fully saturated rings. The van der Waals surface area contributed by atoms with Gasteiger partial charge < -0.3 is 14.6 Å². The Morgan fingerprint density at radius 2 is 1.71 bits per heavy atom. The number of esters is 1. The summed E-state index contributed by atoms with van der Waals surface area (Å²) in [6.45, 7) is 4.43. The van der Waals surface area contributed by atoms with E-state index in [1.807, 2.05) is 30.3 Å². The van der Waals surface area contributed by atoms with Gasteiger partial charge in [0.05, 0.1) is 31.4 Å². The highest BCUT2D eigenvalue weighted by Gasteiger charge is 2.37. The average molecular weight is 576 g/mol. The molecular weight excluding hydrogens is 546 g/mol. The fourth-order valence-electron chi connectivity index (χ4n) is 4.70. The number of fused-ring (bicyclic) bond motifs is 1. The molecule has 0 aliphatic heterocycles. The van der Waals surface area contributed by atoms with E-state index in [1.165, 1.54) is 42.7 Å². The molecule has 3 aromatic heterocycles. The maximum Gasteiger partial charge on any atom is 0.333 e. The number of aromatic nitrogens is 5. The van der Waals surface area contributed by atoms with Gasteiger partial charge in [-0.25, -0.2) is 14.2 Å². The molecule has 0 saturated carbocycles. The largest absolute Gasteiger partial charge is 0.496 e. The summed E-state index contributed by atoms with van der Waals surface area (Å²) < 4.78 is 13.2. The number of thiophene rings is 1. The van der Waals surface area contributed by atoms with E-state index in [2.05, 4.69) is 10.2 Å². The van der Waals surface area contributed by atoms with Crippen molar-refractivity contribution in [1.29, 1.82) is 0 Å². The van der Waals surface area contributed by atoms with Crippen LogP contribution in [-0.2, 0) is 28.2 Å². The fourth-order valence-corrected chi connectivity index (χ4v) is 5.92. The molecule has 0 spiro atoms. The highest BCUT2D eigenvalue weighted by atomic mass is 32.1. The average Bonchev–Trinajstić information content (AvgIpc) is 3.62. The third-order valence-corrected chi connectivity index (χ3v) is 8.19. The maximum atomic E-state index is 14.1. The number of rotatable bonds is 9. The molecule has 2 aromatic carbocycles. The van der Waals surface area contributed by atoms with Crippen molar-refractivity contribution in [3.8, 4) is 10.8 Å². The monoisotopic (exact) mass is 575 g/mol. The summed E-state index contributed by atoms with van der Waals surface area (Å²) in [6.07, 6.45) is 1.85. The third-order valence-electron chi connectivity index (χ3n) is 6.91. The van der Waals surface area contributed by atoms with Crippen LogP contribution < -0.4 is 16.0 Å². The molecule has 12 heteroatoms. The second kappa shape index (κ2) is 11.1. The number of para-hydroxylation sites is 1. The molecule has 1 atom stereocenters. The van der Waals surface area contributed by atoms with E-state index in [0.717, 1.165) is 21.5 Å². The maximum absolute atomic E-state index is 14.1. The normalized spacial score (nSPS) is 12.4. The zero-order valence-corrected chi connectivity index (χ0v) is 23.8. The number of carbonyl (C=O) groups is 1. The summed E-state index contributed by atoms with van der Waals surface area (Å²) >= 11 is 1.15. The molecule has 0 aliphatic carbocycles. The molecule has 0 bridgehead atoms. The molecule has 5 aromatic rings. The molecule has 11 nitrogen and oxygen atoms in total. The minimum atomic E-state index is -1.67. The van der Waals surface area contributed by atoms with E-state index in [4.69, 9.17) is 9.47 Å². The molecule has 1 N–H and O–H groups in total. The Morgan fingerprint density at radius 3 is 2.39 bits per heavy atom. The highest BCUT2D eigenvalue weighted by molar-refractivity contribution is 7.21. The van der Waals surface area contributed by atoms with Gasteiger partial charge in [0.2, 0.25) is 0 Å². The number of carbonyl (C=O) groups excluding carboxylic acids is 1. The number of aryl methyl sites for hydroxylation is 1. The Labute approximate surface area is 238 Å². The second-order valence-corrected chi connectivity index (χ2v) is 10.9. The number of nitrogens with zero attached hydrogens (tertiary/aromatic N) is 5. The van der Waals surface area contributed by atoms with Gasteiger partial charge in [-0.1, -0.05) is 59.9 Å². The first kappa shape index (κ1) is 28.0. The lowest BCUT2D eigenvalue weighted by Gasteiger charge is -2.26. The number of ether oxygens (including phenoxy) is 2. The van der Waals surface area contributed by atoms with Crippen LogP contribution in [0, 0.1) is 6.92 Å². The van der Waals surface area contributed by atoms with Gasteiger partial charge in [0.1, 0.15) is 33.8 Å². The number of methoxy groups -OCH3 is 1. The van der Waals surface area contributed by atoms with Crippen LogP contribution >= 0.6 is 11.3 Å². The van der Waals surface area contributed by atoms with Crippen molar-refractivity contribution in [2.75, 3.05) is 7.11 Å². The molecule has 0 saturated heterocycles. The first-order valence-corrected chi connectivity index (χ1v) is 13.6. The minimum Gasteiger partial charge on any atom is -0.496 e. The lowest BCUT2D eigenvalue weighted by atomic mass is 10.0. The molecule has 5 rings (SSSR count). The summed E-state index contributed by atoms with van der Waals surface area (Å²) in [4.78, 5) is 43.2. The number of aliphatic hydroxyl groups excluding tert-OH is 1. The van der Waals surface area contributed by atoms with Crippen LogP contribution in [0.2, 0.25) is 0 Å². The smallest absolute Gasteiger partial charge is 0.333 e. The van der Waals surface area contributed by atoms with Crippen molar-refractivity contribution in [3.63, 3.8) is 0 Å². The van der Waals surface area contributed by atoms with Gasteiger partial charge in [0, 0.05) is 11.1 Å². The third kappa shape index (κ3) is 5.07. The van der Waals surface area contributed by atoms with Crippen molar-refractivity contribution in [1.82, 2.24) is 24.1 Å². The Hall–Kier alpha value is -4.55. The predicted octanol–water partition coefficient (Wildman–Crippen LogP) is 3.33. The SMILES string of the molecule is COc1ccccc1[C@H](O)Cn1c(=O)n(C(C)(C)C(=O)OCc2ccccc2)c(=O)c2c(C)c(-n3nccn3)sc21. The standard InChI is InChI=1S/C29H29N5O6S/c1-18-23-24(36)33(29(2,3)27(37)40-17-19-10-6-5-7-11-19)28(38)32(26(23)41-25(18)34-30-14-15-31-34)16-21(35)20-12-8-9-13-22(20)39-4/h5-15,21,35H,16-17H2,1-4H3/t21-/m1/s1. The number of hydrogen-bond acceptors (Lipinski definition) is 9. The van der Waals surface area contributed by atoms with E-state index in [9.17, 15) is 19.5 Å². The Kier molecular flexibility index (Phi) is 7.61. The van der Waals surface area contributed by atoms with Crippen LogP contribution in [0.15, 0.2) is 76.6 Å². The van der Waals surface area contributed by atoms with E-state index >= 15 is 0 Å². The van der Waals surface area contributed by atoms with Crippen LogP contribution in [-0.4, -0.2) is 42.3 Å². The van der Waals surface area contributed by atoms with E-state index in [0.29, 0.717) is 26.7 Å².